The molecule has 2 heterocycles. The van der Waals surface area contributed by atoms with E-state index in [0.29, 0.717) is 11.2 Å². The predicted molar refractivity (Wildman–Crippen MR) is 97.0 cm³/mol. The van der Waals surface area contributed by atoms with Crippen molar-refractivity contribution in [2.75, 3.05) is 0 Å². The lowest BCUT2D eigenvalue weighted by Crippen LogP contribution is -2.21. The number of rotatable bonds is 1. The van der Waals surface area contributed by atoms with E-state index in [0.717, 1.165) is 0 Å². The van der Waals surface area contributed by atoms with Crippen LogP contribution in [-0.4, -0.2) is 5.25 Å². The second-order valence-electron chi connectivity index (χ2n) is 5.81. The maximum Gasteiger partial charge on any atom is 0.0355 e. The second kappa shape index (κ2) is 5.19. The third kappa shape index (κ3) is 2.21. The van der Waals surface area contributed by atoms with Crippen LogP contribution in [0, 0.1) is 5.92 Å². The van der Waals surface area contributed by atoms with Crippen molar-refractivity contribution in [1.29, 1.82) is 0 Å². The molecule has 2 atom stereocenters. The smallest absolute Gasteiger partial charge is 0.0355 e. The molecule has 2 aliphatic rings. The zero-order valence-corrected chi connectivity index (χ0v) is 13.8. The molecule has 0 spiro atoms. The Bertz CT molecular complexity index is 867. The van der Waals surface area contributed by atoms with Crippen molar-refractivity contribution in [3.8, 4) is 0 Å². The van der Waals surface area contributed by atoms with Crippen molar-refractivity contribution in [3.05, 3.63) is 56.6 Å². The zero-order valence-electron chi connectivity index (χ0n) is 12.1. The van der Waals surface area contributed by atoms with Crippen molar-refractivity contribution >= 4 is 45.8 Å². The Kier molecular flexibility index (Phi) is 3.31. The second-order valence-corrected chi connectivity index (χ2v) is 8.11. The van der Waals surface area contributed by atoms with Gasteiger partial charge in [0, 0.05) is 19.4 Å². The molecule has 1 aliphatic carbocycles. The molecule has 2 heteroatoms. The third-order valence-electron chi connectivity index (χ3n) is 4.52. The lowest BCUT2D eigenvalue weighted by molar-refractivity contribution is 0.691. The minimum absolute atomic E-state index is 0.561. The highest BCUT2D eigenvalue weighted by Crippen LogP contribution is 2.46. The fourth-order valence-corrected chi connectivity index (χ4v) is 5.95. The van der Waals surface area contributed by atoms with Crippen LogP contribution in [0.5, 0.6) is 0 Å². The van der Waals surface area contributed by atoms with E-state index in [1.807, 2.05) is 23.1 Å². The molecule has 106 valence electrons. The van der Waals surface area contributed by atoms with Crippen LogP contribution in [0.4, 0.5) is 0 Å². The van der Waals surface area contributed by atoms with Crippen LogP contribution in [-0.2, 0) is 0 Å². The summed E-state index contributed by atoms with van der Waals surface area (Å²) in [5, 5.41) is 3.07. The standard InChI is InChI=1S/C19H18S2/c1-12-14-7-3-5-9-16(14)20-18(12)11-19-13(2)15-8-4-6-10-17(15)21-19/h3,5-7,9-11,13,19H,1,4,8H2,2H3. The number of thiophene rings is 1. The van der Waals surface area contributed by atoms with Gasteiger partial charge in [0.05, 0.1) is 0 Å². The number of fused-ring (bicyclic) bond motifs is 1. The summed E-state index contributed by atoms with van der Waals surface area (Å²) >= 11 is 3.91. The average Bonchev–Trinajstić information content (AvgIpc) is 2.99. The summed E-state index contributed by atoms with van der Waals surface area (Å²) in [5.74, 6) is 0.652. The number of thioether (sulfide) groups is 1. The minimum atomic E-state index is 0.561. The maximum atomic E-state index is 4.31. The normalized spacial score (nSPS) is 25.9. The number of hydrogen-bond donors (Lipinski definition) is 0. The number of benzene rings is 1. The molecule has 0 radical (unpaired) electrons. The molecule has 0 fully saturated rings. The Hall–Kier alpha value is -1.25. The molecule has 2 aromatic rings. The van der Waals surface area contributed by atoms with Crippen molar-refractivity contribution < 1.29 is 0 Å². The van der Waals surface area contributed by atoms with E-state index in [9.17, 15) is 0 Å². The lowest BCUT2D eigenvalue weighted by atomic mass is 9.91. The molecular formula is C19H18S2. The summed E-state index contributed by atoms with van der Waals surface area (Å²) in [6.45, 7) is 6.69. The maximum absolute atomic E-state index is 4.31. The van der Waals surface area contributed by atoms with Gasteiger partial charge in [-0.15, -0.1) is 23.1 Å². The molecule has 1 aromatic heterocycles. The molecule has 1 aliphatic heterocycles. The highest BCUT2D eigenvalue weighted by Gasteiger charge is 2.30. The summed E-state index contributed by atoms with van der Waals surface area (Å²) in [7, 11) is 0. The van der Waals surface area contributed by atoms with Crippen LogP contribution in [0.2, 0.25) is 0 Å². The van der Waals surface area contributed by atoms with E-state index in [-0.39, 0.29) is 0 Å². The van der Waals surface area contributed by atoms with Gasteiger partial charge in [0.1, 0.15) is 0 Å². The average molecular weight is 310 g/mol. The van der Waals surface area contributed by atoms with Gasteiger partial charge in [-0.05, 0) is 35.4 Å². The van der Waals surface area contributed by atoms with E-state index in [1.54, 1.807) is 5.57 Å². The van der Waals surface area contributed by atoms with Gasteiger partial charge in [-0.2, -0.15) is 0 Å². The van der Waals surface area contributed by atoms with Gasteiger partial charge < -0.3 is 0 Å². The molecular weight excluding hydrogens is 292 g/mol. The van der Waals surface area contributed by atoms with Crippen LogP contribution < -0.4 is 9.75 Å². The molecule has 0 saturated carbocycles. The first kappa shape index (κ1) is 13.4. The zero-order chi connectivity index (χ0) is 14.4. The summed E-state index contributed by atoms with van der Waals surface area (Å²) in [5.41, 5.74) is 1.66. The largest absolute Gasteiger partial charge is 0.136 e. The number of allylic oxidation sites excluding steroid dienone is 3. The minimum Gasteiger partial charge on any atom is -0.136 e. The Morgan fingerprint density at radius 2 is 2.14 bits per heavy atom. The highest BCUT2D eigenvalue weighted by atomic mass is 32.2. The summed E-state index contributed by atoms with van der Waals surface area (Å²) in [4.78, 5) is 1.52. The van der Waals surface area contributed by atoms with Crippen molar-refractivity contribution in [2.45, 2.75) is 25.0 Å². The molecule has 0 N–H and O–H groups in total. The van der Waals surface area contributed by atoms with Crippen molar-refractivity contribution in [3.63, 3.8) is 0 Å². The van der Waals surface area contributed by atoms with Crippen LogP contribution in [0.25, 0.3) is 22.7 Å². The van der Waals surface area contributed by atoms with Crippen LogP contribution in [0.1, 0.15) is 19.8 Å². The predicted octanol–water partition coefficient (Wildman–Crippen LogP) is 4.45. The summed E-state index contributed by atoms with van der Waals surface area (Å²) in [6.07, 6.45) is 9.54. The van der Waals surface area contributed by atoms with E-state index < -0.39 is 0 Å². The van der Waals surface area contributed by atoms with Gasteiger partial charge in [0.25, 0.3) is 0 Å². The molecule has 0 saturated heterocycles. The van der Waals surface area contributed by atoms with Gasteiger partial charge in [0.2, 0.25) is 0 Å². The molecule has 0 amide bonds. The Morgan fingerprint density at radius 3 is 2.95 bits per heavy atom. The highest BCUT2D eigenvalue weighted by molar-refractivity contribution is 8.04. The Labute approximate surface area is 133 Å². The van der Waals surface area contributed by atoms with Crippen LogP contribution in [0.15, 0.2) is 46.9 Å². The van der Waals surface area contributed by atoms with E-state index in [2.05, 4.69) is 56.0 Å². The molecule has 4 rings (SSSR count). The molecule has 2 unspecified atom stereocenters. The van der Waals surface area contributed by atoms with E-state index in [1.165, 1.54) is 37.6 Å². The molecule has 0 bridgehead atoms. The topological polar surface area (TPSA) is 0 Å². The summed E-state index contributed by atoms with van der Waals surface area (Å²) < 4.78 is 2.70. The first-order valence-corrected chi connectivity index (χ1v) is 9.18. The first-order chi connectivity index (χ1) is 10.2. The summed E-state index contributed by atoms with van der Waals surface area (Å²) in [6, 6.07) is 8.59. The Balaban J connectivity index is 1.76. The third-order valence-corrected chi connectivity index (χ3v) is 7.16. The van der Waals surface area contributed by atoms with Gasteiger partial charge in [-0.1, -0.05) is 55.5 Å². The van der Waals surface area contributed by atoms with E-state index >= 15 is 0 Å². The lowest BCUT2D eigenvalue weighted by Gasteiger charge is -2.14. The monoisotopic (exact) mass is 310 g/mol. The SMILES string of the molecule is C=c1c(=CC2SC3=C(CCC=C3)C2C)sc2ccccc12. The quantitative estimate of drug-likeness (QED) is 0.750. The van der Waals surface area contributed by atoms with Crippen molar-refractivity contribution in [2.24, 2.45) is 5.92 Å². The molecule has 0 nitrogen and oxygen atoms in total. The van der Waals surface area contributed by atoms with Gasteiger partial charge >= 0.3 is 0 Å². The fourth-order valence-electron chi connectivity index (χ4n) is 3.25. The van der Waals surface area contributed by atoms with Crippen LogP contribution >= 0.6 is 23.1 Å². The molecule has 21 heavy (non-hydrogen) atoms. The Morgan fingerprint density at radius 1 is 1.29 bits per heavy atom. The van der Waals surface area contributed by atoms with Crippen LogP contribution in [0.3, 0.4) is 0 Å². The van der Waals surface area contributed by atoms with Gasteiger partial charge in [-0.3, -0.25) is 0 Å². The van der Waals surface area contributed by atoms with Gasteiger partial charge in [-0.25, -0.2) is 0 Å². The van der Waals surface area contributed by atoms with Crippen molar-refractivity contribution in [1.82, 2.24) is 0 Å². The fraction of sp³-hybridized carbons (Fsp3) is 0.263. The number of hydrogen-bond acceptors (Lipinski definition) is 2. The van der Waals surface area contributed by atoms with E-state index in [4.69, 9.17) is 0 Å². The molecule has 1 aromatic carbocycles. The first-order valence-electron chi connectivity index (χ1n) is 7.48. The van der Waals surface area contributed by atoms with Gasteiger partial charge in [0.15, 0.2) is 0 Å².